The lowest BCUT2D eigenvalue weighted by Crippen LogP contribution is -2.63. The van der Waals surface area contributed by atoms with Crippen LogP contribution in [0.15, 0.2) is 0 Å². The van der Waals surface area contributed by atoms with Gasteiger partial charge in [-0.05, 0) is 45.2 Å². The second kappa shape index (κ2) is 8.10. The molecule has 1 saturated heterocycles. The highest BCUT2D eigenvalue weighted by Crippen LogP contribution is 2.31. The smallest absolute Gasteiger partial charge is 0.0651 e. The van der Waals surface area contributed by atoms with E-state index in [9.17, 15) is 0 Å². The molecule has 1 rings (SSSR count). The maximum Gasteiger partial charge on any atom is 0.0651 e. The van der Waals surface area contributed by atoms with Gasteiger partial charge in [-0.15, -0.1) is 0 Å². The van der Waals surface area contributed by atoms with Gasteiger partial charge in [0.2, 0.25) is 0 Å². The SMILES string of the molecule is CCCOCC(NN)C(CC)(CC)N1CCCC1. The van der Waals surface area contributed by atoms with Crippen LogP contribution < -0.4 is 11.3 Å². The van der Waals surface area contributed by atoms with Crippen molar-refractivity contribution in [3.8, 4) is 0 Å². The van der Waals surface area contributed by atoms with Crippen molar-refractivity contribution in [2.24, 2.45) is 5.84 Å². The fraction of sp³-hybridized carbons (Fsp3) is 1.00. The molecule has 0 spiro atoms. The highest BCUT2D eigenvalue weighted by molar-refractivity contribution is 4.99. The van der Waals surface area contributed by atoms with Crippen molar-refractivity contribution in [3.63, 3.8) is 0 Å². The zero-order chi connectivity index (χ0) is 13.4. The summed E-state index contributed by atoms with van der Waals surface area (Å²) in [6, 6.07) is 0.220. The van der Waals surface area contributed by atoms with E-state index in [0.717, 1.165) is 25.9 Å². The second-order valence-electron chi connectivity index (χ2n) is 5.30. The Labute approximate surface area is 112 Å². The lowest BCUT2D eigenvalue weighted by Gasteiger charge is -2.46. The Balaban J connectivity index is 2.71. The van der Waals surface area contributed by atoms with Gasteiger partial charge in [-0.2, -0.15) is 0 Å². The van der Waals surface area contributed by atoms with Crippen LogP contribution in [-0.4, -0.2) is 42.8 Å². The van der Waals surface area contributed by atoms with E-state index in [0.29, 0.717) is 6.61 Å². The van der Waals surface area contributed by atoms with Crippen LogP contribution in [-0.2, 0) is 4.74 Å². The molecule has 108 valence electrons. The van der Waals surface area contributed by atoms with E-state index >= 15 is 0 Å². The summed E-state index contributed by atoms with van der Waals surface area (Å²) in [7, 11) is 0. The van der Waals surface area contributed by atoms with E-state index in [-0.39, 0.29) is 11.6 Å². The molecule has 0 aromatic carbocycles. The first-order valence-electron chi connectivity index (χ1n) is 7.54. The van der Waals surface area contributed by atoms with E-state index in [1.807, 2.05) is 0 Å². The number of nitrogens with one attached hydrogen (secondary N) is 1. The second-order valence-corrected chi connectivity index (χ2v) is 5.30. The number of rotatable bonds is 9. The fourth-order valence-corrected chi connectivity index (χ4v) is 3.28. The first-order chi connectivity index (χ1) is 8.75. The Morgan fingerprint density at radius 2 is 1.83 bits per heavy atom. The van der Waals surface area contributed by atoms with Crippen molar-refractivity contribution < 1.29 is 4.74 Å². The Kier molecular flexibility index (Phi) is 7.15. The molecule has 0 bridgehead atoms. The molecular weight excluding hydrogens is 226 g/mol. The van der Waals surface area contributed by atoms with Crippen LogP contribution in [0.2, 0.25) is 0 Å². The zero-order valence-electron chi connectivity index (χ0n) is 12.4. The molecule has 0 saturated carbocycles. The summed E-state index contributed by atoms with van der Waals surface area (Å²) in [5.74, 6) is 5.80. The molecule has 0 aromatic rings. The third kappa shape index (κ3) is 3.44. The predicted octanol–water partition coefficient (Wildman–Crippen LogP) is 1.90. The molecule has 0 aromatic heterocycles. The summed E-state index contributed by atoms with van der Waals surface area (Å²) in [5.41, 5.74) is 3.17. The minimum Gasteiger partial charge on any atom is -0.380 e. The average molecular weight is 257 g/mol. The van der Waals surface area contributed by atoms with Gasteiger partial charge < -0.3 is 4.74 Å². The summed E-state index contributed by atoms with van der Waals surface area (Å²) in [6.45, 7) is 10.6. The van der Waals surface area contributed by atoms with Crippen molar-refractivity contribution >= 4 is 0 Å². The van der Waals surface area contributed by atoms with Crippen molar-refractivity contribution in [2.75, 3.05) is 26.3 Å². The minimum absolute atomic E-state index is 0.152. The summed E-state index contributed by atoms with van der Waals surface area (Å²) >= 11 is 0. The van der Waals surface area contributed by atoms with Gasteiger partial charge in [0.05, 0.1) is 12.6 Å². The van der Waals surface area contributed by atoms with Crippen LogP contribution in [0.1, 0.15) is 52.9 Å². The maximum absolute atomic E-state index is 5.80. The van der Waals surface area contributed by atoms with Crippen LogP contribution in [0.3, 0.4) is 0 Å². The van der Waals surface area contributed by atoms with E-state index in [1.165, 1.54) is 25.9 Å². The lowest BCUT2D eigenvalue weighted by molar-refractivity contribution is 0.0110. The van der Waals surface area contributed by atoms with E-state index < -0.39 is 0 Å². The molecule has 3 N–H and O–H groups in total. The summed E-state index contributed by atoms with van der Waals surface area (Å²) in [5, 5.41) is 0. The van der Waals surface area contributed by atoms with Crippen LogP contribution >= 0.6 is 0 Å². The number of nitrogens with zero attached hydrogens (tertiary/aromatic N) is 1. The van der Waals surface area contributed by atoms with Gasteiger partial charge in [0.15, 0.2) is 0 Å². The van der Waals surface area contributed by atoms with Crippen LogP contribution in [0.5, 0.6) is 0 Å². The molecule has 18 heavy (non-hydrogen) atoms. The van der Waals surface area contributed by atoms with Crippen molar-refractivity contribution in [1.82, 2.24) is 10.3 Å². The van der Waals surface area contributed by atoms with Crippen molar-refractivity contribution in [2.45, 2.75) is 64.5 Å². The summed E-state index contributed by atoms with van der Waals surface area (Å²) < 4.78 is 5.74. The number of nitrogens with two attached hydrogens (primary N) is 1. The van der Waals surface area contributed by atoms with Crippen LogP contribution in [0.4, 0.5) is 0 Å². The molecule has 1 atom stereocenters. The molecule has 1 heterocycles. The molecule has 0 amide bonds. The van der Waals surface area contributed by atoms with Gasteiger partial charge in [-0.1, -0.05) is 20.8 Å². The van der Waals surface area contributed by atoms with Crippen LogP contribution in [0.25, 0.3) is 0 Å². The number of hydrogen-bond acceptors (Lipinski definition) is 4. The fourth-order valence-electron chi connectivity index (χ4n) is 3.28. The molecule has 1 unspecified atom stereocenters. The lowest BCUT2D eigenvalue weighted by atomic mass is 9.83. The quantitative estimate of drug-likeness (QED) is 0.376. The number of hydrogen-bond donors (Lipinski definition) is 2. The molecule has 4 nitrogen and oxygen atoms in total. The Morgan fingerprint density at radius 3 is 2.28 bits per heavy atom. The van der Waals surface area contributed by atoms with E-state index in [1.54, 1.807) is 0 Å². The number of hydrazine groups is 1. The van der Waals surface area contributed by atoms with Crippen molar-refractivity contribution in [1.29, 1.82) is 0 Å². The van der Waals surface area contributed by atoms with E-state index in [2.05, 4.69) is 31.1 Å². The normalized spacial score (nSPS) is 19.3. The Bertz CT molecular complexity index is 213. The van der Waals surface area contributed by atoms with Gasteiger partial charge in [0.1, 0.15) is 0 Å². The average Bonchev–Trinajstić information content (AvgIpc) is 2.93. The topological polar surface area (TPSA) is 50.5 Å². The van der Waals surface area contributed by atoms with Gasteiger partial charge >= 0.3 is 0 Å². The predicted molar refractivity (Wildman–Crippen MR) is 76.3 cm³/mol. The largest absolute Gasteiger partial charge is 0.380 e. The molecule has 1 fully saturated rings. The minimum atomic E-state index is 0.152. The van der Waals surface area contributed by atoms with Gasteiger partial charge in [0.25, 0.3) is 0 Å². The zero-order valence-corrected chi connectivity index (χ0v) is 12.4. The molecule has 0 radical (unpaired) electrons. The first-order valence-corrected chi connectivity index (χ1v) is 7.54. The molecule has 4 heteroatoms. The third-order valence-corrected chi connectivity index (χ3v) is 4.44. The molecule has 1 aliphatic rings. The molecular formula is C14H31N3O. The molecule has 1 aliphatic heterocycles. The van der Waals surface area contributed by atoms with Gasteiger partial charge in [-0.25, -0.2) is 0 Å². The summed E-state index contributed by atoms with van der Waals surface area (Å²) in [4.78, 5) is 2.62. The van der Waals surface area contributed by atoms with Crippen molar-refractivity contribution in [3.05, 3.63) is 0 Å². The maximum atomic E-state index is 5.80. The van der Waals surface area contributed by atoms with Crippen LogP contribution in [0, 0.1) is 0 Å². The first kappa shape index (κ1) is 15.9. The van der Waals surface area contributed by atoms with Gasteiger partial charge in [0, 0.05) is 12.1 Å². The van der Waals surface area contributed by atoms with E-state index in [4.69, 9.17) is 10.6 Å². The van der Waals surface area contributed by atoms with Gasteiger partial charge in [-0.3, -0.25) is 16.2 Å². The number of ether oxygens (including phenoxy) is 1. The number of likely N-dealkylation sites (tertiary alicyclic amines) is 1. The summed E-state index contributed by atoms with van der Waals surface area (Å²) in [6.07, 6.45) is 5.93. The molecule has 0 aliphatic carbocycles. The third-order valence-electron chi connectivity index (χ3n) is 4.44. The highest BCUT2D eigenvalue weighted by Gasteiger charge is 2.41. The Morgan fingerprint density at radius 1 is 1.22 bits per heavy atom. The highest BCUT2D eigenvalue weighted by atomic mass is 16.5. The Hall–Kier alpha value is -0.160. The standard InChI is InChI=1S/C14H31N3O/c1-4-11-18-12-13(16-15)14(5-2,6-3)17-9-7-8-10-17/h13,16H,4-12,15H2,1-3H3. The monoisotopic (exact) mass is 257 g/mol.